The van der Waals surface area contributed by atoms with E-state index in [0.29, 0.717) is 12.3 Å². The Labute approximate surface area is 103 Å². The molecule has 0 aromatic carbocycles. The molecule has 2 rings (SSSR count). The van der Waals surface area contributed by atoms with Crippen LogP contribution in [0.3, 0.4) is 0 Å². The highest BCUT2D eigenvalue weighted by atomic mass is 16.3. The van der Waals surface area contributed by atoms with Crippen LogP contribution in [-0.2, 0) is 4.79 Å². The minimum atomic E-state index is -0.333. The lowest BCUT2D eigenvalue weighted by Crippen LogP contribution is -2.45. The van der Waals surface area contributed by atoms with Crippen molar-refractivity contribution in [3.05, 3.63) is 0 Å². The Morgan fingerprint density at radius 3 is 2.59 bits per heavy atom. The molecule has 0 radical (unpaired) electrons. The number of piperidine rings is 1. The van der Waals surface area contributed by atoms with Gasteiger partial charge < -0.3 is 15.7 Å². The molecule has 1 saturated carbocycles. The molecule has 1 aliphatic carbocycles. The third-order valence-electron chi connectivity index (χ3n) is 4.01. The monoisotopic (exact) mass is 240 g/mol. The Kier molecular flexibility index (Phi) is 4.80. The van der Waals surface area contributed by atoms with Gasteiger partial charge in [-0.2, -0.15) is 0 Å². The molecule has 2 fully saturated rings. The van der Waals surface area contributed by atoms with E-state index in [1.807, 2.05) is 0 Å². The van der Waals surface area contributed by atoms with Crippen molar-refractivity contribution in [3.8, 4) is 0 Å². The van der Waals surface area contributed by atoms with Crippen molar-refractivity contribution in [2.24, 2.45) is 5.92 Å². The lowest BCUT2D eigenvalue weighted by atomic mass is 9.91. The maximum absolute atomic E-state index is 11.9. The van der Waals surface area contributed by atoms with Gasteiger partial charge in [0.1, 0.15) is 0 Å². The number of hydrogen-bond donors (Lipinski definition) is 3. The fourth-order valence-corrected chi connectivity index (χ4v) is 2.89. The van der Waals surface area contributed by atoms with Crippen LogP contribution in [0.1, 0.15) is 44.9 Å². The third-order valence-corrected chi connectivity index (χ3v) is 4.01. The fraction of sp³-hybridized carbons (Fsp3) is 0.923. The van der Waals surface area contributed by atoms with Gasteiger partial charge in [0, 0.05) is 6.42 Å². The average molecular weight is 240 g/mol. The molecule has 0 spiro atoms. The first kappa shape index (κ1) is 12.8. The summed E-state index contributed by atoms with van der Waals surface area (Å²) in [6, 6.07) is -0.00188. The molecule has 0 unspecified atom stereocenters. The van der Waals surface area contributed by atoms with Crippen molar-refractivity contribution in [2.75, 3.05) is 13.1 Å². The van der Waals surface area contributed by atoms with Gasteiger partial charge >= 0.3 is 0 Å². The quantitative estimate of drug-likeness (QED) is 0.683. The average Bonchev–Trinajstić information content (AvgIpc) is 2.33. The number of amides is 1. The van der Waals surface area contributed by atoms with E-state index in [4.69, 9.17) is 0 Å². The van der Waals surface area contributed by atoms with Gasteiger partial charge in [-0.15, -0.1) is 0 Å². The van der Waals surface area contributed by atoms with Crippen molar-refractivity contribution < 1.29 is 9.90 Å². The van der Waals surface area contributed by atoms with Crippen LogP contribution in [0.4, 0.5) is 0 Å². The van der Waals surface area contributed by atoms with Crippen LogP contribution in [0.5, 0.6) is 0 Å². The molecule has 1 amide bonds. The van der Waals surface area contributed by atoms with Crippen LogP contribution in [0.15, 0.2) is 0 Å². The van der Waals surface area contributed by atoms with Crippen LogP contribution >= 0.6 is 0 Å². The maximum Gasteiger partial charge on any atom is 0.220 e. The van der Waals surface area contributed by atoms with Gasteiger partial charge in [0.15, 0.2) is 0 Å². The van der Waals surface area contributed by atoms with Gasteiger partial charge in [-0.1, -0.05) is 12.8 Å². The van der Waals surface area contributed by atoms with Gasteiger partial charge in [0.2, 0.25) is 5.91 Å². The summed E-state index contributed by atoms with van der Waals surface area (Å²) in [5, 5.41) is 16.1. The van der Waals surface area contributed by atoms with Crippen LogP contribution in [0, 0.1) is 5.92 Å². The molecule has 0 bridgehead atoms. The predicted molar refractivity (Wildman–Crippen MR) is 66.6 cm³/mol. The summed E-state index contributed by atoms with van der Waals surface area (Å²) in [6.07, 6.45) is 6.46. The zero-order chi connectivity index (χ0) is 12.1. The molecule has 0 aromatic rings. The SMILES string of the molecule is O=C(CC1CCNCC1)N[C@@H]1CCCC[C@H]1O. The Bertz CT molecular complexity index is 252. The molecule has 3 N–H and O–H groups in total. The van der Waals surface area contributed by atoms with Crippen LogP contribution in [0.25, 0.3) is 0 Å². The summed E-state index contributed by atoms with van der Waals surface area (Å²) < 4.78 is 0. The van der Waals surface area contributed by atoms with Gasteiger partial charge in [0.25, 0.3) is 0 Å². The minimum absolute atomic E-state index is 0.00188. The standard InChI is InChI=1S/C13H24N2O2/c16-12-4-2-1-3-11(12)15-13(17)9-10-5-7-14-8-6-10/h10-12,14,16H,1-9H2,(H,15,17)/t11-,12-/m1/s1. The molecular weight excluding hydrogens is 216 g/mol. The summed E-state index contributed by atoms with van der Waals surface area (Å²) in [6.45, 7) is 2.06. The molecule has 4 heteroatoms. The Morgan fingerprint density at radius 2 is 1.88 bits per heavy atom. The zero-order valence-electron chi connectivity index (χ0n) is 10.5. The maximum atomic E-state index is 11.9. The number of carbonyl (C=O) groups excluding carboxylic acids is 1. The number of hydrogen-bond acceptors (Lipinski definition) is 3. The first-order chi connectivity index (χ1) is 8.25. The number of carbonyl (C=O) groups is 1. The molecule has 1 aliphatic heterocycles. The van der Waals surface area contributed by atoms with E-state index in [2.05, 4.69) is 10.6 Å². The smallest absolute Gasteiger partial charge is 0.220 e. The normalized spacial score (nSPS) is 31.1. The van der Waals surface area contributed by atoms with Gasteiger partial charge in [-0.3, -0.25) is 4.79 Å². The number of rotatable bonds is 3. The molecule has 1 heterocycles. The van der Waals surface area contributed by atoms with Crippen molar-refractivity contribution in [1.82, 2.24) is 10.6 Å². The van der Waals surface area contributed by atoms with Crippen LogP contribution in [-0.4, -0.2) is 36.2 Å². The van der Waals surface area contributed by atoms with Crippen molar-refractivity contribution in [3.63, 3.8) is 0 Å². The summed E-state index contributed by atoms with van der Waals surface area (Å²) >= 11 is 0. The van der Waals surface area contributed by atoms with Crippen LogP contribution in [0.2, 0.25) is 0 Å². The molecule has 0 aromatic heterocycles. The molecular formula is C13H24N2O2. The van der Waals surface area contributed by atoms with Crippen LogP contribution < -0.4 is 10.6 Å². The largest absolute Gasteiger partial charge is 0.391 e. The highest BCUT2D eigenvalue weighted by molar-refractivity contribution is 5.76. The van der Waals surface area contributed by atoms with Crippen molar-refractivity contribution in [1.29, 1.82) is 0 Å². The molecule has 17 heavy (non-hydrogen) atoms. The van der Waals surface area contributed by atoms with E-state index in [1.165, 1.54) is 0 Å². The number of aliphatic hydroxyl groups excluding tert-OH is 1. The second kappa shape index (κ2) is 6.36. The van der Waals surface area contributed by atoms with E-state index in [9.17, 15) is 9.90 Å². The number of aliphatic hydroxyl groups is 1. The highest BCUT2D eigenvalue weighted by Crippen LogP contribution is 2.20. The zero-order valence-corrected chi connectivity index (χ0v) is 10.5. The van der Waals surface area contributed by atoms with E-state index in [0.717, 1.165) is 51.6 Å². The molecule has 2 aliphatic rings. The van der Waals surface area contributed by atoms with Crippen molar-refractivity contribution in [2.45, 2.75) is 57.1 Å². The topological polar surface area (TPSA) is 61.4 Å². The molecule has 98 valence electrons. The fourth-order valence-electron chi connectivity index (χ4n) is 2.89. The Hall–Kier alpha value is -0.610. The van der Waals surface area contributed by atoms with E-state index in [1.54, 1.807) is 0 Å². The third kappa shape index (κ3) is 3.96. The summed E-state index contributed by atoms with van der Waals surface area (Å²) in [7, 11) is 0. The molecule has 2 atom stereocenters. The summed E-state index contributed by atoms with van der Waals surface area (Å²) in [4.78, 5) is 11.9. The molecule has 1 saturated heterocycles. The second-order valence-electron chi connectivity index (χ2n) is 5.42. The first-order valence-corrected chi connectivity index (χ1v) is 6.94. The Balaban J connectivity index is 1.72. The van der Waals surface area contributed by atoms with E-state index < -0.39 is 0 Å². The Morgan fingerprint density at radius 1 is 1.18 bits per heavy atom. The highest BCUT2D eigenvalue weighted by Gasteiger charge is 2.25. The minimum Gasteiger partial charge on any atom is -0.391 e. The van der Waals surface area contributed by atoms with Gasteiger partial charge in [-0.05, 0) is 44.7 Å². The summed E-state index contributed by atoms with van der Waals surface area (Å²) in [5.74, 6) is 0.653. The molecule has 4 nitrogen and oxygen atoms in total. The van der Waals surface area contributed by atoms with Gasteiger partial charge in [-0.25, -0.2) is 0 Å². The van der Waals surface area contributed by atoms with E-state index >= 15 is 0 Å². The first-order valence-electron chi connectivity index (χ1n) is 6.94. The lowest BCUT2D eigenvalue weighted by molar-refractivity contribution is -0.124. The second-order valence-corrected chi connectivity index (χ2v) is 5.42. The summed E-state index contributed by atoms with van der Waals surface area (Å²) in [5.41, 5.74) is 0. The number of nitrogens with one attached hydrogen (secondary N) is 2. The lowest BCUT2D eigenvalue weighted by Gasteiger charge is -2.29. The predicted octanol–water partition coefficient (Wildman–Crippen LogP) is 0.796. The van der Waals surface area contributed by atoms with E-state index in [-0.39, 0.29) is 18.1 Å². The van der Waals surface area contributed by atoms with Gasteiger partial charge in [0.05, 0.1) is 12.1 Å². The van der Waals surface area contributed by atoms with Crippen molar-refractivity contribution >= 4 is 5.91 Å².